The van der Waals surface area contributed by atoms with E-state index in [2.05, 4.69) is 4.74 Å². The molecule has 0 radical (unpaired) electrons. The minimum absolute atomic E-state index is 0.0522. The maximum absolute atomic E-state index is 11.9. The molecule has 0 aliphatic carbocycles. The predicted octanol–water partition coefficient (Wildman–Crippen LogP) is 1.94. The molecular weight excluding hydrogens is 324 g/mol. The molecule has 0 N–H and O–H groups in total. The van der Waals surface area contributed by atoms with Crippen LogP contribution in [-0.4, -0.2) is 35.8 Å². The molecule has 1 aromatic carbocycles. The molecule has 128 valence electrons. The molecule has 0 fully saturated rings. The van der Waals surface area contributed by atoms with Gasteiger partial charge in [-0.25, -0.2) is 4.79 Å². The summed E-state index contributed by atoms with van der Waals surface area (Å²) in [6.07, 6.45) is 0.969. The molecule has 2 rings (SSSR count). The third kappa shape index (κ3) is 3.59. The van der Waals surface area contributed by atoms with Crippen LogP contribution in [0, 0.1) is 20.2 Å². The molecule has 1 aromatic rings. The lowest BCUT2D eigenvalue weighted by Crippen LogP contribution is -2.19. The van der Waals surface area contributed by atoms with Gasteiger partial charge in [0, 0.05) is 23.8 Å². The first-order valence-electron chi connectivity index (χ1n) is 6.84. The summed E-state index contributed by atoms with van der Waals surface area (Å²) in [7, 11) is 1.13. The van der Waals surface area contributed by atoms with Crippen LogP contribution in [0.2, 0.25) is 0 Å². The quantitative estimate of drug-likeness (QED) is 0.333. The Hall–Kier alpha value is -3.17. The summed E-state index contributed by atoms with van der Waals surface area (Å²) in [5, 5.41) is 22.0. The second-order valence-electron chi connectivity index (χ2n) is 5.02. The molecule has 0 saturated carbocycles. The fraction of sp³-hybridized carbons (Fsp3) is 0.357. The van der Waals surface area contributed by atoms with Gasteiger partial charge < -0.3 is 14.2 Å². The summed E-state index contributed by atoms with van der Waals surface area (Å²) < 4.78 is 14.9. The lowest BCUT2D eigenvalue weighted by atomic mass is 10.0. The monoisotopic (exact) mass is 338 g/mol. The lowest BCUT2D eigenvalue weighted by molar-refractivity contribution is -0.517. The number of nitro groups is 2. The highest BCUT2D eigenvalue weighted by molar-refractivity contribution is 5.94. The van der Waals surface area contributed by atoms with Crippen molar-refractivity contribution in [3.8, 4) is 11.5 Å². The molecule has 10 nitrogen and oxygen atoms in total. The van der Waals surface area contributed by atoms with E-state index in [1.54, 1.807) is 0 Å². The molecule has 1 unspecified atom stereocenters. The highest BCUT2D eigenvalue weighted by Gasteiger charge is 2.25. The standard InChI is InChI=1S/C14H14N2O8/c1-8(15(18)19)3-10(14(17)22-2)4-9-5-12-13(24-7-23-12)6-11(9)16(20)21/h4-6,8H,3,7H2,1-2H3/b10-4+. The van der Waals surface area contributed by atoms with E-state index in [9.17, 15) is 25.0 Å². The highest BCUT2D eigenvalue weighted by Crippen LogP contribution is 2.39. The number of methoxy groups -OCH3 is 1. The Balaban J connectivity index is 2.49. The minimum atomic E-state index is -1.05. The van der Waals surface area contributed by atoms with Crippen LogP contribution in [0.15, 0.2) is 17.7 Å². The number of ether oxygens (including phenoxy) is 3. The second kappa shape index (κ2) is 6.94. The van der Waals surface area contributed by atoms with Gasteiger partial charge in [0.2, 0.25) is 12.8 Å². The average molecular weight is 338 g/mol. The lowest BCUT2D eigenvalue weighted by Gasteiger charge is -2.08. The number of hydrogen-bond donors (Lipinski definition) is 0. The second-order valence-corrected chi connectivity index (χ2v) is 5.02. The Bertz CT molecular complexity index is 728. The van der Waals surface area contributed by atoms with E-state index in [0.717, 1.165) is 7.11 Å². The van der Waals surface area contributed by atoms with E-state index in [-0.39, 0.29) is 35.8 Å². The SMILES string of the molecule is COC(=O)/C(=C/c1cc2c(cc1[N+](=O)[O-])OCO2)CC(C)[N+](=O)[O-]. The Morgan fingerprint density at radius 1 is 1.33 bits per heavy atom. The zero-order valence-electron chi connectivity index (χ0n) is 12.9. The van der Waals surface area contributed by atoms with Crippen LogP contribution in [-0.2, 0) is 9.53 Å². The van der Waals surface area contributed by atoms with Gasteiger partial charge in [0.25, 0.3) is 5.69 Å². The molecule has 0 spiro atoms. The van der Waals surface area contributed by atoms with Crippen molar-refractivity contribution in [3.05, 3.63) is 43.5 Å². The van der Waals surface area contributed by atoms with Gasteiger partial charge in [-0.15, -0.1) is 0 Å². The first-order valence-corrected chi connectivity index (χ1v) is 6.84. The zero-order chi connectivity index (χ0) is 17.9. The number of benzene rings is 1. The van der Waals surface area contributed by atoms with Crippen LogP contribution >= 0.6 is 0 Å². The largest absolute Gasteiger partial charge is 0.466 e. The third-order valence-electron chi connectivity index (χ3n) is 3.37. The fourth-order valence-corrected chi connectivity index (χ4v) is 2.13. The van der Waals surface area contributed by atoms with E-state index < -0.39 is 21.9 Å². The van der Waals surface area contributed by atoms with Crippen molar-refractivity contribution in [3.63, 3.8) is 0 Å². The number of nitro benzene ring substituents is 1. The number of nitrogens with zero attached hydrogens (tertiary/aromatic N) is 2. The number of esters is 1. The minimum Gasteiger partial charge on any atom is -0.466 e. The van der Waals surface area contributed by atoms with Crippen LogP contribution in [0.4, 0.5) is 5.69 Å². The topological polar surface area (TPSA) is 131 Å². The van der Waals surface area contributed by atoms with E-state index in [1.807, 2.05) is 0 Å². The molecule has 1 atom stereocenters. The molecule has 0 bridgehead atoms. The van der Waals surface area contributed by atoms with Crippen molar-refractivity contribution in [1.29, 1.82) is 0 Å². The van der Waals surface area contributed by atoms with Gasteiger partial charge in [-0.3, -0.25) is 20.2 Å². The number of carbonyl (C=O) groups is 1. The summed E-state index contributed by atoms with van der Waals surface area (Å²) in [6.45, 7) is 1.26. The number of carbonyl (C=O) groups excluding carboxylic acids is 1. The van der Waals surface area contributed by atoms with Gasteiger partial charge in [-0.05, 0) is 12.1 Å². The zero-order valence-corrected chi connectivity index (χ0v) is 12.9. The van der Waals surface area contributed by atoms with Gasteiger partial charge in [0.15, 0.2) is 11.5 Å². The molecule has 0 saturated heterocycles. The van der Waals surface area contributed by atoms with Crippen molar-refractivity contribution in [2.45, 2.75) is 19.4 Å². The Labute approximate surface area is 135 Å². The predicted molar refractivity (Wildman–Crippen MR) is 80.3 cm³/mol. The highest BCUT2D eigenvalue weighted by atomic mass is 16.7. The van der Waals surface area contributed by atoms with Crippen LogP contribution in [0.1, 0.15) is 18.9 Å². The first-order chi connectivity index (χ1) is 11.3. The van der Waals surface area contributed by atoms with Crippen LogP contribution in [0.25, 0.3) is 6.08 Å². The molecule has 1 aliphatic rings. The number of hydrogen-bond acceptors (Lipinski definition) is 8. The van der Waals surface area contributed by atoms with Crippen LogP contribution in [0.5, 0.6) is 11.5 Å². The normalized spacial score (nSPS) is 14.2. The van der Waals surface area contributed by atoms with E-state index in [4.69, 9.17) is 9.47 Å². The molecule has 10 heteroatoms. The van der Waals surface area contributed by atoms with E-state index in [0.29, 0.717) is 5.75 Å². The van der Waals surface area contributed by atoms with Crippen LogP contribution in [0.3, 0.4) is 0 Å². The molecule has 24 heavy (non-hydrogen) atoms. The molecular formula is C14H14N2O8. The molecule has 1 aliphatic heterocycles. The van der Waals surface area contributed by atoms with Crippen molar-refractivity contribution in [2.24, 2.45) is 0 Å². The Morgan fingerprint density at radius 2 is 1.96 bits per heavy atom. The summed E-state index contributed by atoms with van der Waals surface area (Å²) in [6, 6.07) is 1.48. The van der Waals surface area contributed by atoms with Gasteiger partial charge in [-0.2, -0.15) is 0 Å². The van der Waals surface area contributed by atoms with Gasteiger partial charge in [0.1, 0.15) is 0 Å². The molecule has 1 heterocycles. The van der Waals surface area contributed by atoms with Crippen molar-refractivity contribution < 1.29 is 28.9 Å². The fourth-order valence-electron chi connectivity index (χ4n) is 2.13. The summed E-state index contributed by atoms with van der Waals surface area (Å²) in [5.74, 6) is -0.286. The summed E-state index contributed by atoms with van der Waals surface area (Å²) in [4.78, 5) is 32.7. The molecule has 0 amide bonds. The Kier molecular flexibility index (Phi) is 4.97. The van der Waals surface area contributed by atoms with Gasteiger partial charge in [-0.1, -0.05) is 0 Å². The number of rotatable bonds is 6. The first kappa shape index (κ1) is 17.2. The maximum atomic E-state index is 11.9. The summed E-state index contributed by atoms with van der Waals surface area (Å²) >= 11 is 0. The third-order valence-corrected chi connectivity index (χ3v) is 3.37. The van der Waals surface area contributed by atoms with Crippen LogP contribution < -0.4 is 9.47 Å². The summed E-state index contributed by atoms with van der Waals surface area (Å²) in [5.41, 5.74) is -0.293. The van der Waals surface area contributed by atoms with Crippen molar-refractivity contribution in [1.82, 2.24) is 0 Å². The Morgan fingerprint density at radius 3 is 2.50 bits per heavy atom. The van der Waals surface area contributed by atoms with Crippen molar-refractivity contribution >= 4 is 17.7 Å². The van der Waals surface area contributed by atoms with Gasteiger partial charge in [0.05, 0.1) is 23.7 Å². The molecule has 0 aromatic heterocycles. The van der Waals surface area contributed by atoms with E-state index in [1.165, 1.54) is 25.1 Å². The maximum Gasteiger partial charge on any atom is 0.334 e. The van der Waals surface area contributed by atoms with Crippen molar-refractivity contribution in [2.75, 3.05) is 13.9 Å². The average Bonchev–Trinajstić information content (AvgIpc) is 2.99. The smallest absolute Gasteiger partial charge is 0.334 e. The number of fused-ring (bicyclic) bond motifs is 1. The van der Waals surface area contributed by atoms with Gasteiger partial charge >= 0.3 is 5.97 Å². The van der Waals surface area contributed by atoms with E-state index >= 15 is 0 Å².